The molecule has 0 N–H and O–H groups in total. The second kappa shape index (κ2) is 12.5. The molecule has 3 heterocycles. The predicted molar refractivity (Wildman–Crippen MR) is 152 cm³/mol. The van der Waals surface area contributed by atoms with Crippen LogP contribution in [0.4, 0.5) is 0 Å². The van der Waals surface area contributed by atoms with E-state index in [4.69, 9.17) is 9.47 Å². The predicted octanol–water partition coefficient (Wildman–Crippen LogP) is 4.74. The molecule has 0 aromatic heterocycles. The molecule has 2 fully saturated rings. The lowest BCUT2D eigenvalue weighted by Gasteiger charge is -2.47. The Kier molecular flexibility index (Phi) is 8.88. The van der Waals surface area contributed by atoms with Crippen molar-refractivity contribution in [3.05, 3.63) is 65.2 Å². The summed E-state index contributed by atoms with van der Waals surface area (Å²) in [6.07, 6.45) is 6.93. The van der Waals surface area contributed by atoms with Crippen LogP contribution in [0.15, 0.2) is 48.5 Å². The minimum atomic E-state index is -0.481. The van der Waals surface area contributed by atoms with Gasteiger partial charge in [0, 0.05) is 45.5 Å². The third kappa shape index (κ3) is 5.71. The van der Waals surface area contributed by atoms with Crippen LogP contribution in [0.2, 0.25) is 0 Å². The summed E-state index contributed by atoms with van der Waals surface area (Å²) in [5, 5.41) is 0. The highest BCUT2D eigenvalue weighted by atomic mass is 16.5. The molecule has 39 heavy (non-hydrogen) atoms. The first-order chi connectivity index (χ1) is 19.0. The molecular weight excluding hydrogens is 490 g/mol. The number of benzene rings is 2. The molecule has 5 rings (SSSR count). The fraction of sp³-hybridized carbons (Fsp3) is 0.562. The fourth-order valence-corrected chi connectivity index (χ4v) is 7.12. The Bertz CT molecular complexity index is 1130. The van der Waals surface area contributed by atoms with Gasteiger partial charge in [0.25, 0.3) is 5.91 Å². The summed E-state index contributed by atoms with van der Waals surface area (Å²) in [4.78, 5) is 34.8. The van der Waals surface area contributed by atoms with Crippen LogP contribution in [0.1, 0.15) is 72.0 Å². The SMILES string of the molecule is COCCCN(C[C@@H]1CCCN2CCCC[C@H]12)C(=O)[C@H]1c2ccccc2C(=O)N(C)[C@@H]1c1ccc(OC)cc1. The van der Waals surface area contributed by atoms with Crippen LogP contribution >= 0.6 is 0 Å². The average Bonchev–Trinajstić information content (AvgIpc) is 2.98. The van der Waals surface area contributed by atoms with Gasteiger partial charge in [-0.25, -0.2) is 0 Å². The lowest BCUT2D eigenvalue weighted by molar-refractivity contribution is -0.136. The lowest BCUT2D eigenvalue weighted by Crippen LogP contribution is -2.53. The number of fused-ring (bicyclic) bond motifs is 2. The van der Waals surface area contributed by atoms with Gasteiger partial charge in [-0.3, -0.25) is 9.59 Å². The Morgan fingerprint density at radius 3 is 2.54 bits per heavy atom. The summed E-state index contributed by atoms with van der Waals surface area (Å²) in [5.74, 6) is 0.801. The van der Waals surface area contributed by atoms with Crippen molar-refractivity contribution in [1.82, 2.24) is 14.7 Å². The molecule has 7 heteroatoms. The van der Waals surface area contributed by atoms with E-state index in [2.05, 4.69) is 9.80 Å². The Morgan fingerprint density at radius 2 is 1.77 bits per heavy atom. The van der Waals surface area contributed by atoms with Gasteiger partial charge in [0.2, 0.25) is 5.91 Å². The van der Waals surface area contributed by atoms with Gasteiger partial charge in [0.05, 0.1) is 19.1 Å². The van der Waals surface area contributed by atoms with E-state index in [0.717, 1.165) is 36.3 Å². The van der Waals surface area contributed by atoms with E-state index < -0.39 is 12.0 Å². The maximum Gasteiger partial charge on any atom is 0.254 e. The molecule has 2 saturated heterocycles. The van der Waals surface area contributed by atoms with Crippen LogP contribution in [-0.4, -0.2) is 86.6 Å². The van der Waals surface area contributed by atoms with Gasteiger partial charge >= 0.3 is 0 Å². The molecule has 3 aliphatic rings. The highest BCUT2D eigenvalue weighted by Crippen LogP contribution is 2.43. The first-order valence-corrected chi connectivity index (χ1v) is 14.5. The Balaban J connectivity index is 1.51. The number of hydrogen-bond acceptors (Lipinski definition) is 5. The molecule has 2 amide bonds. The highest BCUT2D eigenvalue weighted by Gasteiger charge is 2.45. The summed E-state index contributed by atoms with van der Waals surface area (Å²) < 4.78 is 10.8. The molecule has 0 saturated carbocycles. The fourth-order valence-electron chi connectivity index (χ4n) is 7.12. The monoisotopic (exact) mass is 533 g/mol. The summed E-state index contributed by atoms with van der Waals surface area (Å²) in [6, 6.07) is 15.6. The van der Waals surface area contributed by atoms with E-state index in [1.165, 1.54) is 38.8 Å². The summed E-state index contributed by atoms with van der Waals surface area (Å²) >= 11 is 0. The first-order valence-electron chi connectivity index (χ1n) is 14.5. The number of methoxy groups -OCH3 is 2. The zero-order valence-corrected chi connectivity index (χ0v) is 23.7. The van der Waals surface area contributed by atoms with Crippen LogP contribution in [-0.2, 0) is 9.53 Å². The van der Waals surface area contributed by atoms with Crippen molar-refractivity contribution in [1.29, 1.82) is 0 Å². The van der Waals surface area contributed by atoms with Crippen molar-refractivity contribution >= 4 is 11.8 Å². The van der Waals surface area contributed by atoms with Crippen molar-refractivity contribution in [2.75, 3.05) is 54.1 Å². The number of nitrogens with zero attached hydrogens (tertiary/aromatic N) is 3. The summed E-state index contributed by atoms with van der Waals surface area (Å²) in [7, 11) is 5.18. The third-order valence-corrected chi connectivity index (χ3v) is 9.07. The molecule has 210 valence electrons. The molecule has 0 radical (unpaired) electrons. The molecule has 0 unspecified atom stereocenters. The molecule has 0 aliphatic carbocycles. The minimum Gasteiger partial charge on any atom is -0.497 e. The van der Waals surface area contributed by atoms with E-state index in [1.807, 2.05) is 55.6 Å². The zero-order chi connectivity index (χ0) is 27.4. The van der Waals surface area contributed by atoms with E-state index in [0.29, 0.717) is 30.7 Å². The summed E-state index contributed by atoms with van der Waals surface area (Å²) in [5.41, 5.74) is 2.38. The Labute approximate surface area is 233 Å². The second-order valence-electron chi connectivity index (χ2n) is 11.3. The van der Waals surface area contributed by atoms with E-state index in [1.54, 1.807) is 19.1 Å². The lowest BCUT2D eigenvalue weighted by atomic mass is 9.78. The van der Waals surface area contributed by atoms with Crippen molar-refractivity contribution in [3.63, 3.8) is 0 Å². The number of likely N-dealkylation sites (N-methyl/N-ethyl adjacent to an activating group) is 1. The highest BCUT2D eigenvalue weighted by molar-refractivity contribution is 6.01. The first kappa shape index (κ1) is 27.7. The molecule has 0 bridgehead atoms. The second-order valence-corrected chi connectivity index (χ2v) is 11.3. The summed E-state index contributed by atoms with van der Waals surface area (Å²) in [6.45, 7) is 4.39. The van der Waals surface area contributed by atoms with Crippen molar-refractivity contribution < 1.29 is 19.1 Å². The van der Waals surface area contributed by atoms with Crippen molar-refractivity contribution in [2.24, 2.45) is 5.92 Å². The molecule has 0 spiro atoms. The van der Waals surface area contributed by atoms with Gasteiger partial charge in [-0.2, -0.15) is 0 Å². The van der Waals surface area contributed by atoms with E-state index in [-0.39, 0.29) is 11.8 Å². The maximum atomic E-state index is 14.8. The molecule has 2 aromatic rings. The number of carbonyl (C=O) groups excluding carboxylic acids is 2. The van der Waals surface area contributed by atoms with Gasteiger partial charge in [-0.1, -0.05) is 36.8 Å². The van der Waals surface area contributed by atoms with Crippen LogP contribution < -0.4 is 4.74 Å². The number of piperidine rings is 2. The number of rotatable bonds is 9. The average molecular weight is 534 g/mol. The zero-order valence-electron chi connectivity index (χ0n) is 23.7. The number of ether oxygens (including phenoxy) is 2. The van der Waals surface area contributed by atoms with E-state index >= 15 is 0 Å². The van der Waals surface area contributed by atoms with Crippen molar-refractivity contribution in [3.8, 4) is 5.75 Å². The van der Waals surface area contributed by atoms with E-state index in [9.17, 15) is 9.59 Å². The Morgan fingerprint density at radius 1 is 1.00 bits per heavy atom. The largest absolute Gasteiger partial charge is 0.497 e. The topological polar surface area (TPSA) is 62.3 Å². The van der Waals surface area contributed by atoms with Gasteiger partial charge in [-0.15, -0.1) is 0 Å². The molecule has 3 aliphatic heterocycles. The van der Waals surface area contributed by atoms with Crippen LogP contribution in [0, 0.1) is 5.92 Å². The normalized spacial score (nSPS) is 25.1. The number of amides is 2. The Hall–Kier alpha value is -2.90. The molecule has 2 aromatic carbocycles. The van der Waals surface area contributed by atoms with Gasteiger partial charge in [-0.05, 0) is 80.4 Å². The maximum absolute atomic E-state index is 14.8. The van der Waals surface area contributed by atoms with Gasteiger partial charge < -0.3 is 24.2 Å². The third-order valence-electron chi connectivity index (χ3n) is 9.07. The standard InChI is InChI=1S/C32H43N3O4/c1-33-30(23-14-16-25(39-3)17-15-23)29(26-11-4-5-12-27(26)31(33)36)32(37)35(20-9-21-38-2)22-24-10-8-19-34-18-7-6-13-28(24)34/h4-5,11-12,14-17,24,28-30H,6-10,13,18-22H2,1-3H3/t24-,28+,29-,30+/m0/s1. The van der Waals surface area contributed by atoms with Crippen LogP contribution in [0.25, 0.3) is 0 Å². The molecular formula is C32H43N3O4. The number of carbonyl (C=O) groups is 2. The van der Waals surface area contributed by atoms with Crippen LogP contribution in [0.5, 0.6) is 5.75 Å². The van der Waals surface area contributed by atoms with Gasteiger partial charge in [0.1, 0.15) is 5.75 Å². The molecule has 4 atom stereocenters. The molecule has 7 nitrogen and oxygen atoms in total. The van der Waals surface area contributed by atoms with Crippen LogP contribution in [0.3, 0.4) is 0 Å². The smallest absolute Gasteiger partial charge is 0.254 e. The van der Waals surface area contributed by atoms with Gasteiger partial charge in [0.15, 0.2) is 0 Å². The minimum absolute atomic E-state index is 0.0495. The quantitative estimate of drug-likeness (QED) is 0.436. The number of hydrogen-bond donors (Lipinski definition) is 0. The van der Waals surface area contributed by atoms with Crippen molar-refractivity contribution in [2.45, 2.75) is 56.5 Å².